The molecule has 0 saturated heterocycles. The van der Waals surface area contributed by atoms with Gasteiger partial charge in [-0.15, -0.1) is 0 Å². The van der Waals surface area contributed by atoms with Gasteiger partial charge in [-0.25, -0.2) is 10.2 Å². The Morgan fingerprint density at radius 1 is 1.32 bits per heavy atom. The van der Waals surface area contributed by atoms with Gasteiger partial charge in [-0.3, -0.25) is 10.2 Å². The number of ether oxygens (including phenoxy) is 1. The second kappa shape index (κ2) is 8.06. The highest BCUT2D eigenvalue weighted by atomic mass is 79.9. The van der Waals surface area contributed by atoms with Crippen molar-refractivity contribution in [2.75, 3.05) is 6.61 Å². The Morgan fingerprint density at radius 2 is 2.05 bits per heavy atom. The third-order valence-corrected chi connectivity index (χ3v) is 2.88. The molecular weight excluding hydrogens is 322 g/mol. The summed E-state index contributed by atoms with van der Waals surface area (Å²) in [6.45, 7) is 0.261. The van der Waals surface area contributed by atoms with Crippen LogP contribution in [0.25, 0.3) is 0 Å². The molecule has 0 heterocycles. The minimum Gasteiger partial charge on any atom is -0.490 e. The quantitative estimate of drug-likeness (QED) is 0.264. The van der Waals surface area contributed by atoms with E-state index in [1.54, 1.807) is 0 Å². The lowest BCUT2D eigenvalue weighted by Gasteiger charge is -2.08. The van der Waals surface area contributed by atoms with E-state index in [0.29, 0.717) is 23.7 Å². The molecule has 0 aliphatic carbocycles. The topological polar surface area (TPSA) is 64.3 Å². The van der Waals surface area contributed by atoms with E-state index in [2.05, 4.69) is 15.9 Å². The maximum Gasteiger partial charge on any atom is 0.233 e. The van der Waals surface area contributed by atoms with E-state index >= 15 is 0 Å². The van der Waals surface area contributed by atoms with Gasteiger partial charge in [0.25, 0.3) is 0 Å². The lowest BCUT2D eigenvalue weighted by Crippen LogP contribution is -2.29. The van der Waals surface area contributed by atoms with Crippen LogP contribution in [-0.2, 0) is 4.79 Å². The number of hydrogen-bond donors (Lipinski definition) is 2. The molecule has 3 N–H and O–H groups in total. The van der Waals surface area contributed by atoms with Crippen LogP contribution in [0.1, 0.15) is 25.7 Å². The van der Waals surface area contributed by atoms with Crippen LogP contribution >= 0.6 is 15.9 Å². The number of benzene rings is 1. The molecule has 0 aromatic heterocycles. The molecule has 0 aliphatic rings. The van der Waals surface area contributed by atoms with E-state index in [1.807, 2.05) is 5.43 Å². The molecule has 1 amide bonds. The van der Waals surface area contributed by atoms with Crippen molar-refractivity contribution in [3.8, 4) is 5.75 Å². The first kappa shape index (κ1) is 15.8. The van der Waals surface area contributed by atoms with Gasteiger partial charge in [-0.05, 0) is 31.4 Å². The number of halogens is 3. The maximum absolute atomic E-state index is 13.3. The second-order valence-electron chi connectivity index (χ2n) is 3.93. The molecule has 1 aromatic carbocycles. The van der Waals surface area contributed by atoms with Gasteiger partial charge in [-0.1, -0.05) is 15.9 Å². The van der Waals surface area contributed by atoms with Crippen LogP contribution in [0, 0.1) is 11.6 Å². The van der Waals surface area contributed by atoms with Gasteiger partial charge in [0, 0.05) is 10.9 Å². The number of hydrogen-bond acceptors (Lipinski definition) is 3. The predicted octanol–water partition coefficient (Wildman–Crippen LogP) is 2.66. The van der Waals surface area contributed by atoms with Crippen molar-refractivity contribution in [2.45, 2.75) is 25.7 Å². The fraction of sp³-hybridized carbons (Fsp3) is 0.417. The van der Waals surface area contributed by atoms with Crippen molar-refractivity contribution in [3.63, 3.8) is 0 Å². The molecule has 0 fully saturated rings. The van der Waals surface area contributed by atoms with Crippen molar-refractivity contribution < 1.29 is 18.3 Å². The van der Waals surface area contributed by atoms with Crippen molar-refractivity contribution in [1.29, 1.82) is 0 Å². The van der Waals surface area contributed by atoms with E-state index in [4.69, 9.17) is 10.6 Å². The van der Waals surface area contributed by atoms with Gasteiger partial charge in [0.05, 0.1) is 6.61 Å². The highest BCUT2D eigenvalue weighted by molar-refractivity contribution is 9.10. The highest BCUT2D eigenvalue weighted by Crippen LogP contribution is 2.25. The molecule has 1 aromatic rings. The summed E-state index contributed by atoms with van der Waals surface area (Å²) < 4.78 is 32.0. The van der Waals surface area contributed by atoms with E-state index in [1.165, 1.54) is 6.07 Å². The number of rotatable bonds is 7. The fourth-order valence-corrected chi connectivity index (χ4v) is 1.86. The molecule has 0 unspecified atom stereocenters. The number of carbonyl (C=O) groups is 1. The summed E-state index contributed by atoms with van der Waals surface area (Å²) in [5, 5.41) is 0. The summed E-state index contributed by atoms with van der Waals surface area (Å²) in [4.78, 5) is 10.8. The SMILES string of the molecule is NNC(=O)CCCCCOc1cc(Br)cc(F)c1F. The largest absolute Gasteiger partial charge is 0.490 e. The number of nitrogens with two attached hydrogens (primary N) is 1. The van der Waals surface area contributed by atoms with Crippen molar-refractivity contribution in [3.05, 3.63) is 28.2 Å². The first-order chi connectivity index (χ1) is 9.04. The smallest absolute Gasteiger partial charge is 0.233 e. The van der Waals surface area contributed by atoms with Crippen LogP contribution in [0.3, 0.4) is 0 Å². The minimum atomic E-state index is -0.995. The lowest BCUT2D eigenvalue weighted by molar-refractivity contribution is -0.121. The van der Waals surface area contributed by atoms with Crippen molar-refractivity contribution in [2.24, 2.45) is 5.84 Å². The third-order valence-electron chi connectivity index (χ3n) is 2.43. The first-order valence-electron chi connectivity index (χ1n) is 5.81. The predicted molar refractivity (Wildman–Crippen MR) is 70.4 cm³/mol. The molecule has 0 saturated carbocycles. The third kappa shape index (κ3) is 5.52. The normalized spacial score (nSPS) is 10.3. The summed E-state index contributed by atoms with van der Waals surface area (Å²) >= 11 is 3.06. The fourth-order valence-electron chi connectivity index (χ4n) is 1.46. The van der Waals surface area contributed by atoms with Gasteiger partial charge in [0.2, 0.25) is 11.7 Å². The van der Waals surface area contributed by atoms with Crippen LogP contribution in [-0.4, -0.2) is 12.5 Å². The van der Waals surface area contributed by atoms with Gasteiger partial charge >= 0.3 is 0 Å². The summed E-state index contributed by atoms with van der Waals surface area (Å²) in [7, 11) is 0. The lowest BCUT2D eigenvalue weighted by atomic mass is 10.2. The second-order valence-corrected chi connectivity index (χ2v) is 4.84. The van der Waals surface area contributed by atoms with Crippen LogP contribution in [0.2, 0.25) is 0 Å². The van der Waals surface area contributed by atoms with E-state index < -0.39 is 11.6 Å². The van der Waals surface area contributed by atoms with Crippen molar-refractivity contribution >= 4 is 21.8 Å². The molecule has 0 atom stereocenters. The zero-order chi connectivity index (χ0) is 14.3. The molecule has 0 radical (unpaired) electrons. The molecule has 0 bridgehead atoms. The van der Waals surface area contributed by atoms with E-state index in [9.17, 15) is 13.6 Å². The van der Waals surface area contributed by atoms with Gasteiger partial charge in [0.15, 0.2) is 11.6 Å². The van der Waals surface area contributed by atoms with Crippen LogP contribution in [0.4, 0.5) is 8.78 Å². The standard InChI is InChI=1S/C12H15BrF2N2O2/c13-8-6-9(14)12(15)10(7-8)19-5-3-1-2-4-11(18)17-16/h6-7H,1-5,16H2,(H,17,18). The maximum atomic E-state index is 13.3. The number of hydrazine groups is 1. The zero-order valence-electron chi connectivity index (χ0n) is 10.2. The Balaban J connectivity index is 2.28. The van der Waals surface area contributed by atoms with Crippen LogP contribution in [0.5, 0.6) is 5.75 Å². The zero-order valence-corrected chi connectivity index (χ0v) is 11.8. The molecule has 1 rings (SSSR count). The Kier molecular flexibility index (Phi) is 6.72. The van der Waals surface area contributed by atoms with Gasteiger partial charge in [-0.2, -0.15) is 4.39 Å². The van der Waals surface area contributed by atoms with Crippen LogP contribution in [0.15, 0.2) is 16.6 Å². The molecule has 0 aliphatic heterocycles. The average molecular weight is 337 g/mol. The summed E-state index contributed by atoms with van der Waals surface area (Å²) in [5.41, 5.74) is 2.03. The molecule has 106 valence electrons. The summed E-state index contributed by atoms with van der Waals surface area (Å²) in [5.74, 6) is 2.64. The summed E-state index contributed by atoms with van der Waals surface area (Å²) in [6.07, 6.45) is 2.40. The summed E-state index contributed by atoms with van der Waals surface area (Å²) in [6, 6.07) is 2.41. The Hall–Kier alpha value is -1.21. The van der Waals surface area contributed by atoms with E-state index in [0.717, 1.165) is 12.5 Å². The van der Waals surface area contributed by atoms with Gasteiger partial charge in [0.1, 0.15) is 0 Å². The van der Waals surface area contributed by atoms with E-state index in [-0.39, 0.29) is 18.3 Å². The molecular formula is C12H15BrF2N2O2. The van der Waals surface area contributed by atoms with Gasteiger partial charge < -0.3 is 4.74 Å². The molecule has 7 heteroatoms. The minimum absolute atomic E-state index is 0.119. The Morgan fingerprint density at radius 3 is 2.74 bits per heavy atom. The number of amides is 1. The van der Waals surface area contributed by atoms with Crippen molar-refractivity contribution in [1.82, 2.24) is 5.43 Å². The number of carbonyl (C=O) groups excluding carboxylic acids is 1. The average Bonchev–Trinajstić information content (AvgIpc) is 2.38. The molecule has 0 spiro atoms. The number of unbranched alkanes of at least 4 members (excludes halogenated alkanes) is 2. The number of nitrogens with one attached hydrogen (secondary N) is 1. The Bertz CT molecular complexity index is 444. The molecule has 19 heavy (non-hydrogen) atoms. The highest BCUT2D eigenvalue weighted by Gasteiger charge is 2.11. The monoisotopic (exact) mass is 336 g/mol. The van der Waals surface area contributed by atoms with Crippen LogP contribution < -0.4 is 16.0 Å². The Labute approximate surface area is 118 Å². The first-order valence-corrected chi connectivity index (χ1v) is 6.60. The molecule has 4 nitrogen and oxygen atoms in total.